The summed E-state index contributed by atoms with van der Waals surface area (Å²) in [6.45, 7) is 0.759. The zero-order valence-electron chi connectivity index (χ0n) is 7.56. The van der Waals surface area contributed by atoms with Gasteiger partial charge in [0.05, 0.1) is 25.4 Å². The maximum atomic E-state index is 9.38. The molecule has 0 bridgehead atoms. The Labute approximate surface area is 77.4 Å². The summed E-state index contributed by atoms with van der Waals surface area (Å²) in [5.41, 5.74) is 5.26. The van der Waals surface area contributed by atoms with E-state index in [1.54, 1.807) is 0 Å². The van der Waals surface area contributed by atoms with E-state index in [1.165, 1.54) is 0 Å². The summed E-state index contributed by atoms with van der Waals surface area (Å²) in [7, 11) is 0. The number of rotatable bonds is 4. The third kappa shape index (κ3) is 3.58. The van der Waals surface area contributed by atoms with E-state index in [2.05, 4.69) is 0 Å². The van der Waals surface area contributed by atoms with Crippen molar-refractivity contribution in [3.8, 4) is 0 Å². The molecule has 1 fully saturated rings. The first kappa shape index (κ1) is 10.9. The molecule has 1 heterocycles. The summed E-state index contributed by atoms with van der Waals surface area (Å²) in [6.07, 6.45) is -0.264. The second-order valence-electron chi connectivity index (χ2n) is 3.15. The number of nitrogens with two attached hydrogens (primary N) is 1. The quantitative estimate of drug-likeness (QED) is 0.521. The Morgan fingerprint density at radius 1 is 1.46 bits per heavy atom. The van der Waals surface area contributed by atoms with Gasteiger partial charge in [-0.1, -0.05) is 0 Å². The van der Waals surface area contributed by atoms with Crippen molar-refractivity contribution in [2.45, 2.75) is 31.3 Å². The first-order valence-corrected chi connectivity index (χ1v) is 4.52. The van der Waals surface area contributed by atoms with Crippen molar-refractivity contribution >= 4 is 0 Å². The molecule has 0 aromatic rings. The van der Waals surface area contributed by atoms with Crippen LogP contribution in [0.25, 0.3) is 0 Å². The minimum atomic E-state index is -0.450. The molecule has 4 N–H and O–H groups in total. The Hall–Kier alpha value is -0.200. The van der Waals surface area contributed by atoms with E-state index in [4.69, 9.17) is 20.3 Å². The molecule has 1 saturated heterocycles. The summed E-state index contributed by atoms with van der Waals surface area (Å²) < 4.78 is 10.5. The zero-order valence-corrected chi connectivity index (χ0v) is 7.56. The molecule has 1 aliphatic heterocycles. The topological polar surface area (TPSA) is 84.9 Å². The maximum Gasteiger partial charge on any atom is 0.160 e. The molecule has 0 aliphatic carbocycles. The normalized spacial score (nSPS) is 34.8. The first-order valence-electron chi connectivity index (χ1n) is 4.52. The van der Waals surface area contributed by atoms with Crippen LogP contribution in [-0.2, 0) is 9.47 Å². The Balaban J connectivity index is 2.29. The number of hydrogen-bond donors (Lipinski definition) is 3. The molecular weight excluding hydrogens is 174 g/mol. The summed E-state index contributed by atoms with van der Waals surface area (Å²) in [5, 5.41) is 18.2. The minimum absolute atomic E-state index is 0.0838. The number of hydrogen-bond acceptors (Lipinski definition) is 5. The van der Waals surface area contributed by atoms with E-state index < -0.39 is 12.4 Å². The van der Waals surface area contributed by atoms with Gasteiger partial charge < -0.3 is 25.4 Å². The highest BCUT2D eigenvalue weighted by Crippen LogP contribution is 2.19. The Bertz CT molecular complexity index is 144. The molecule has 3 unspecified atom stereocenters. The average Bonchev–Trinajstić information content (AvgIpc) is 2.14. The first-order chi connectivity index (χ1) is 6.26. The van der Waals surface area contributed by atoms with Crippen molar-refractivity contribution in [2.24, 2.45) is 5.73 Å². The van der Waals surface area contributed by atoms with Crippen molar-refractivity contribution in [1.29, 1.82) is 0 Å². The molecular formula is C8H17NO4. The highest BCUT2D eigenvalue weighted by atomic mass is 16.7. The molecule has 0 aromatic carbocycles. The largest absolute Gasteiger partial charge is 0.394 e. The van der Waals surface area contributed by atoms with Gasteiger partial charge in [-0.25, -0.2) is 0 Å². The summed E-state index contributed by atoms with van der Waals surface area (Å²) in [5.74, 6) is 0. The summed E-state index contributed by atoms with van der Waals surface area (Å²) in [4.78, 5) is 0. The van der Waals surface area contributed by atoms with Crippen molar-refractivity contribution < 1.29 is 19.7 Å². The van der Waals surface area contributed by atoms with Crippen LogP contribution in [0.15, 0.2) is 0 Å². The molecule has 0 saturated carbocycles. The predicted octanol–water partition coefficient (Wildman–Crippen LogP) is -1.18. The average molecular weight is 191 g/mol. The lowest BCUT2D eigenvalue weighted by Crippen LogP contribution is -2.39. The highest BCUT2D eigenvalue weighted by Gasteiger charge is 2.28. The van der Waals surface area contributed by atoms with Crippen LogP contribution in [0.1, 0.15) is 12.8 Å². The van der Waals surface area contributed by atoms with Crippen molar-refractivity contribution in [1.82, 2.24) is 0 Å². The van der Waals surface area contributed by atoms with Gasteiger partial charge in [0.25, 0.3) is 0 Å². The molecule has 0 radical (unpaired) electrons. The Morgan fingerprint density at radius 2 is 2.23 bits per heavy atom. The Morgan fingerprint density at radius 3 is 2.85 bits per heavy atom. The van der Waals surface area contributed by atoms with Gasteiger partial charge in [0.2, 0.25) is 0 Å². The highest BCUT2D eigenvalue weighted by molar-refractivity contribution is 4.72. The Kier molecular flexibility index (Phi) is 4.61. The summed E-state index contributed by atoms with van der Waals surface area (Å²) in [6, 6.07) is 0. The van der Waals surface area contributed by atoms with Gasteiger partial charge in [-0.15, -0.1) is 0 Å². The van der Waals surface area contributed by atoms with Gasteiger partial charge in [-0.05, 0) is 0 Å². The fourth-order valence-corrected chi connectivity index (χ4v) is 1.37. The lowest BCUT2D eigenvalue weighted by atomic mass is 10.1. The minimum Gasteiger partial charge on any atom is -0.394 e. The molecule has 5 nitrogen and oxygen atoms in total. The lowest BCUT2D eigenvalue weighted by molar-refractivity contribution is -0.220. The predicted molar refractivity (Wildman–Crippen MR) is 46.0 cm³/mol. The van der Waals surface area contributed by atoms with E-state index in [0.29, 0.717) is 26.0 Å². The van der Waals surface area contributed by atoms with E-state index in [9.17, 15) is 5.11 Å². The monoisotopic (exact) mass is 191 g/mol. The van der Waals surface area contributed by atoms with Gasteiger partial charge in [0, 0.05) is 19.4 Å². The van der Waals surface area contributed by atoms with Crippen LogP contribution in [0.4, 0.5) is 0 Å². The van der Waals surface area contributed by atoms with Crippen LogP contribution in [0.2, 0.25) is 0 Å². The molecule has 0 amide bonds. The van der Waals surface area contributed by atoms with Crippen LogP contribution in [0.5, 0.6) is 0 Å². The van der Waals surface area contributed by atoms with E-state index >= 15 is 0 Å². The molecule has 78 valence electrons. The third-order valence-electron chi connectivity index (χ3n) is 1.97. The fourth-order valence-electron chi connectivity index (χ4n) is 1.37. The van der Waals surface area contributed by atoms with E-state index in [1.807, 2.05) is 0 Å². The lowest BCUT2D eigenvalue weighted by Gasteiger charge is -2.31. The van der Waals surface area contributed by atoms with Crippen LogP contribution in [-0.4, -0.2) is 48.5 Å². The van der Waals surface area contributed by atoms with Gasteiger partial charge in [-0.3, -0.25) is 0 Å². The van der Waals surface area contributed by atoms with Gasteiger partial charge in [-0.2, -0.15) is 0 Å². The van der Waals surface area contributed by atoms with Crippen molar-refractivity contribution in [3.63, 3.8) is 0 Å². The maximum absolute atomic E-state index is 9.38. The molecule has 13 heavy (non-hydrogen) atoms. The fraction of sp³-hybridized carbons (Fsp3) is 1.00. The number of aliphatic hydroxyl groups is 2. The molecule has 5 heteroatoms. The van der Waals surface area contributed by atoms with Gasteiger partial charge in [0.1, 0.15) is 0 Å². The second kappa shape index (κ2) is 5.51. The molecule has 1 aliphatic rings. The third-order valence-corrected chi connectivity index (χ3v) is 1.97. The standard InChI is InChI=1S/C8H17NO4/c9-1-2-12-8-4-6(11)3-7(5-10)13-8/h6-8,10-11H,1-5,9H2. The van der Waals surface area contributed by atoms with E-state index in [-0.39, 0.29) is 12.7 Å². The van der Waals surface area contributed by atoms with Gasteiger partial charge in [0.15, 0.2) is 6.29 Å². The smallest absolute Gasteiger partial charge is 0.160 e. The molecule has 1 rings (SSSR count). The van der Waals surface area contributed by atoms with Crippen molar-refractivity contribution in [2.75, 3.05) is 19.8 Å². The van der Waals surface area contributed by atoms with Crippen LogP contribution in [0.3, 0.4) is 0 Å². The van der Waals surface area contributed by atoms with Crippen molar-refractivity contribution in [3.05, 3.63) is 0 Å². The number of aliphatic hydroxyl groups excluding tert-OH is 2. The summed E-state index contributed by atoms with van der Waals surface area (Å²) >= 11 is 0. The second-order valence-corrected chi connectivity index (χ2v) is 3.15. The van der Waals surface area contributed by atoms with Crippen LogP contribution in [0, 0.1) is 0 Å². The van der Waals surface area contributed by atoms with E-state index in [0.717, 1.165) is 0 Å². The zero-order chi connectivity index (χ0) is 9.68. The SMILES string of the molecule is NCCOC1CC(O)CC(CO)O1. The number of ether oxygens (including phenoxy) is 2. The van der Waals surface area contributed by atoms with Crippen LogP contribution < -0.4 is 5.73 Å². The molecule has 0 spiro atoms. The molecule has 0 aromatic heterocycles. The molecule has 3 atom stereocenters. The van der Waals surface area contributed by atoms with Gasteiger partial charge >= 0.3 is 0 Å². The van der Waals surface area contributed by atoms with Crippen LogP contribution >= 0.6 is 0 Å².